The molecule has 2 aromatic carbocycles. The van der Waals surface area contributed by atoms with E-state index in [2.05, 4.69) is 20.8 Å². The quantitative estimate of drug-likeness (QED) is 0.572. The van der Waals surface area contributed by atoms with Gasteiger partial charge in [-0.2, -0.15) is 0 Å². The van der Waals surface area contributed by atoms with Gasteiger partial charge in [0.1, 0.15) is 10.8 Å². The third-order valence-corrected chi connectivity index (χ3v) is 6.16. The van der Waals surface area contributed by atoms with Crippen LogP contribution in [-0.2, 0) is 0 Å². The van der Waals surface area contributed by atoms with Crippen LogP contribution >= 0.6 is 22.9 Å². The third-order valence-electron chi connectivity index (χ3n) is 4.88. The fourth-order valence-corrected chi connectivity index (χ4v) is 4.39. The third kappa shape index (κ3) is 4.78. The van der Waals surface area contributed by atoms with Crippen molar-refractivity contribution in [3.05, 3.63) is 63.6 Å². The molecule has 10 heteroatoms. The maximum Gasteiger partial charge on any atom is 0.322 e. The Bertz CT molecular complexity index is 1090. The van der Waals surface area contributed by atoms with Crippen molar-refractivity contribution in [2.24, 2.45) is 0 Å². The Morgan fingerprint density at radius 2 is 1.90 bits per heavy atom. The average molecular weight is 458 g/mol. The number of hydrogen-bond donors (Lipinski definition) is 2. The van der Waals surface area contributed by atoms with Gasteiger partial charge in [0.2, 0.25) is 5.01 Å². The second-order valence-corrected chi connectivity index (χ2v) is 8.33. The number of anilines is 2. The van der Waals surface area contributed by atoms with Crippen molar-refractivity contribution < 1.29 is 14.3 Å². The summed E-state index contributed by atoms with van der Waals surface area (Å²) in [4.78, 5) is 27.1. The van der Waals surface area contributed by atoms with Gasteiger partial charge in [0, 0.05) is 17.3 Å². The fraction of sp³-hybridized carbons (Fsp3) is 0.238. The number of ether oxygens (including phenoxy) is 1. The molecule has 0 saturated carbocycles. The number of nitrogens with zero attached hydrogens (tertiary/aromatic N) is 3. The van der Waals surface area contributed by atoms with Gasteiger partial charge in [0.05, 0.1) is 18.8 Å². The SMILES string of the molecule is COc1ccccc1NC(=O)N1CCC[C@@H]1c1nnc(C(=O)Nc2ccc(Cl)cc2)s1. The number of amides is 3. The molecule has 0 spiro atoms. The lowest BCUT2D eigenvalue weighted by Gasteiger charge is -2.23. The first-order chi connectivity index (χ1) is 15.0. The van der Waals surface area contributed by atoms with Gasteiger partial charge in [-0.1, -0.05) is 35.1 Å². The Labute approximate surface area is 188 Å². The number of urea groups is 1. The molecular formula is C21H20ClN5O3S. The van der Waals surface area contributed by atoms with E-state index in [0.717, 1.165) is 12.8 Å². The highest BCUT2D eigenvalue weighted by Gasteiger charge is 2.33. The number of benzene rings is 2. The Morgan fingerprint density at radius 1 is 1.13 bits per heavy atom. The summed E-state index contributed by atoms with van der Waals surface area (Å²) in [5.41, 5.74) is 1.21. The van der Waals surface area contributed by atoms with E-state index in [1.807, 2.05) is 12.1 Å². The molecule has 160 valence electrons. The summed E-state index contributed by atoms with van der Waals surface area (Å²) in [5.74, 6) is 0.234. The maximum absolute atomic E-state index is 12.9. The Hall–Kier alpha value is -3.17. The van der Waals surface area contributed by atoms with Crippen molar-refractivity contribution in [3.63, 3.8) is 0 Å². The first-order valence-corrected chi connectivity index (χ1v) is 10.9. The summed E-state index contributed by atoms with van der Waals surface area (Å²) in [6.45, 7) is 0.595. The molecular weight excluding hydrogens is 438 g/mol. The number of hydrogen-bond acceptors (Lipinski definition) is 6. The van der Waals surface area contributed by atoms with Crippen molar-refractivity contribution in [1.29, 1.82) is 0 Å². The number of para-hydroxylation sites is 2. The number of carbonyl (C=O) groups is 2. The molecule has 1 atom stereocenters. The van der Waals surface area contributed by atoms with E-state index in [9.17, 15) is 9.59 Å². The van der Waals surface area contributed by atoms with Gasteiger partial charge in [-0.25, -0.2) is 4.79 Å². The molecule has 1 aromatic heterocycles. The number of aromatic nitrogens is 2. The average Bonchev–Trinajstić information content (AvgIpc) is 3.45. The van der Waals surface area contributed by atoms with Crippen molar-refractivity contribution in [2.75, 3.05) is 24.3 Å². The molecule has 3 amide bonds. The highest BCUT2D eigenvalue weighted by Crippen LogP contribution is 2.35. The molecule has 0 bridgehead atoms. The minimum atomic E-state index is -0.353. The summed E-state index contributed by atoms with van der Waals surface area (Å²) >= 11 is 7.06. The smallest absolute Gasteiger partial charge is 0.322 e. The van der Waals surface area contributed by atoms with Gasteiger partial charge >= 0.3 is 6.03 Å². The van der Waals surface area contributed by atoms with E-state index in [1.54, 1.807) is 48.4 Å². The Balaban J connectivity index is 1.45. The molecule has 2 heterocycles. The largest absolute Gasteiger partial charge is 0.495 e. The molecule has 8 nitrogen and oxygen atoms in total. The van der Waals surface area contributed by atoms with Gasteiger partial charge in [-0.05, 0) is 49.2 Å². The normalized spacial score (nSPS) is 15.5. The van der Waals surface area contributed by atoms with Crippen LogP contribution in [0.4, 0.5) is 16.2 Å². The summed E-state index contributed by atoms with van der Waals surface area (Å²) in [6, 6.07) is 13.6. The lowest BCUT2D eigenvalue weighted by molar-refractivity contribution is 0.102. The Kier molecular flexibility index (Phi) is 6.34. The number of rotatable bonds is 5. The molecule has 0 unspecified atom stereocenters. The molecule has 0 aliphatic carbocycles. The lowest BCUT2D eigenvalue weighted by atomic mass is 10.2. The second-order valence-electron chi connectivity index (χ2n) is 6.89. The highest BCUT2D eigenvalue weighted by molar-refractivity contribution is 7.13. The zero-order valence-electron chi connectivity index (χ0n) is 16.7. The summed E-state index contributed by atoms with van der Waals surface area (Å²) < 4.78 is 5.30. The molecule has 3 aromatic rings. The first kappa shape index (κ1) is 21.1. The topological polar surface area (TPSA) is 96.4 Å². The standard InChI is InChI=1S/C21H20ClN5O3S/c1-30-17-7-3-2-5-15(17)24-21(29)27-12-4-6-16(27)19-25-26-20(31-19)18(28)23-14-10-8-13(22)9-11-14/h2-3,5,7-11,16H,4,6,12H2,1H3,(H,23,28)(H,24,29)/t16-/m1/s1. The first-order valence-electron chi connectivity index (χ1n) is 9.66. The van der Waals surface area contributed by atoms with Crippen molar-refractivity contribution in [2.45, 2.75) is 18.9 Å². The predicted octanol–water partition coefficient (Wildman–Crippen LogP) is 4.82. The van der Waals surface area contributed by atoms with Crippen LogP contribution in [0.15, 0.2) is 48.5 Å². The number of nitrogens with one attached hydrogen (secondary N) is 2. The van der Waals surface area contributed by atoms with Gasteiger partial charge in [0.25, 0.3) is 5.91 Å². The lowest BCUT2D eigenvalue weighted by Crippen LogP contribution is -2.34. The monoisotopic (exact) mass is 457 g/mol. The molecule has 1 saturated heterocycles. The molecule has 1 aliphatic heterocycles. The van der Waals surface area contributed by atoms with Crippen LogP contribution in [-0.4, -0.2) is 40.7 Å². The van der Waals surface area contributed by atoms with E-state index in [4.69, 9.17) is 16.3 Å². The molecule has 0 radical (unpaired) electrons. The van der Waals surface area contributed by atoms with Gasteiger partial charge in [0.15, 0.2) is 0 Å². The van der Waals surface area contributed by atoms with Crippen LogP contribution in [0.25, 0.3) is 0 Å². The summed E-state index contributed by atoms with van der Waals surface area (Å²) in [7, 11) is 1.56. The Morgan fingerprint density at radius 3 is 2.68 bits per heavy atom. The number of halogens is 1. The van der Waals surface area contributed by atoms with Crippen molar-refractivity contribution in [3.8, 4) is 5.75 Å². The van der Waals surface area contributed by atoms with Crippen LogP contribution in [0.5, 0.6) is 5.75 Å². The minimum absolute atomic E-state index is 0.232. The molecule has 31 heavy (non-hydrogen) atoms. The van der Waals surface area contributed by atoms with Gasteiger partial charge in [-0.3, -0.25) is 4.79 Å². The molecule has 2 N–H and O–H groups in total. The van der Waals surface area contributed by atoms with E-state index < -0.39 is 0 Å². The van der Waals surface area contributed by atoms with Gasteiger partial charge < -0.3 is 20.3 Å². The van der Waals surface area contributed by atoms with Crippen LogP contribution < -0.4 is 15.4 Å². The van der Waals surface area contributed by atoms with E-state index in [0.29, 0.717) is 33.7 Å². The number of carbonyl (C=O) groups excluding carboxylic acids is 2. The highest BCUT2D eigenvalue weighted by atomic mass is 35.5. The molecule has 1 fully saturated rings. The summed E-state index contributed by atoms with van der Waals surface area (Å²) in [5, 5.41) is 15.3. The zero-order chi connectivity index (χ0) is 21.8. The summed E-state index contributed by atoms with van der Waals surface area (Å²) in [6.07, 6.45) is 1.60. The van der Waals surface area contributed by atoms with E-state index >= 15 is 0 Å². The van der Waals surface area contributed by atoms with Crippen molar-refractivity contribution >= 4 is 46.3 Å². The molecule has 1 aliphatic rings. The second kappa shape index (κ2) is 9.32. The number of likely N-dealkylation sites (tertiary alicyclic amines) is 1. The maximum atomic E-state index is 12.9. The predicted molar refractivity (Wildman–Crippen MR) is 120 cm³/mol. The van der Waals surface area contributed by atoms with E-state index in [1.165, 1.54) is 11.3 Å². The van der Waals surface area contributed by atoms with Crippen LogP contribution in [0.1, 0.15) is 33.7 Å². The van der Waals surface area contributed by atoms with E-state index in [-0.39, 0.29) is 23.0 Å². The zero-order valence-corrected chi connectivity index (χ0v) is 18.2. The van der Waals surface area contributed by atoms with Crippen LogP contribution in [0.3, 0.4) is 0 Å². The van der Waals surface area contributed by atoms with Crippen LogP contribution in [0.2, 0.25) is 5.02 Å². The minimum Gasteiger partial charge on any atom is -0.495 e. The molecule has 4 rings (SSSR count). The van der Waals surface area contributed by atoms with Gasteiger partial charge in [-0.15, -0.1) is 10.2 Å². The fourth-order valence-electron chi connectivity index (χ4n) is 3.38. The number of methoxy groups -OCH3 is 1. The van der Waals surface area contributed by atoms with Crippen LogP contribution in [0, 0.1) is 0 Å². The van der Waals surface area contributed by atoms with Crippen molar-refractivity contribution in [1.82, 2.24) is 15.1 Å².